The molecule has 0 atom stereocenters. The molecule has 3 N–H and O–H groups in total. The molecular formula is C23H20N8O. The van der Waals surface area contributed by atoms with E-state index in [1.54, 1.807) is 24.8 Å². The zero-order valence-electron chi connectivity index (χ0n) is 17.2. The highest BCUT2D eigenvalue weighted by atomic mass is 16.1. The van der Waals surface area contributed by atoms with Gasteiger partial charge >= 0.3 is 0 Å². The molecule has 1 aliphatic carbocycles. The van der Waals surface area contributed by atoms with Crippen LogP contribution in [0.2, 0.25) is 0 Å². The van der Waals surface area contributed by atoms with Crippen LogP contribution >= 0.6 is 0 Å². The van der Waals surface area contributed by atoms with Gasteiger partial charge in [-0.2, -0.15) is 5.10 Å². The summed E-state index contributed by atoms with van der Waals surface area (Å²) < 4.78 is 0. The first kappa shape index (κ1) is 18.6. The molecule has 5 aromatic heterocycles. The van der Waals surface area contributed by atoms with E-state index in [2.05, 4.69) is 35.5 Å². The smallest absolute Gasteiger partial charge is 0.227 e. The Labute approximate surface area is 182 Å². The Morgan fingerprint density at radius 1 is 1.00 bits per heavy atom. The fourth-order valence-corrected chi connectivity index (χ4v) is 4.27. The summed E-state index contributed by atoms with van der Waals surface area (Å²) in [5.41, 5.74) is 6.03. The lowest BCUT2D eigenvalue weighted by atomic mass is 10.1. The number of anilines is 1. The van der Waals surface area contributed by atoms with Crippen LogP contribution in [0, 0.1) is 5.92 Å². The molecule has 5 aromatic rings. The average molecular weight is 424 g/mol. The van der Waals surface area contributed by atoms with Crippen LogP contribution in [0.15, 0.2) is 49.1 Å². The van der Waals surface area contributed by atoms with E-state index in [0.29, 0.717) is 22.7 Å². The number of carbonyl (C=O) groups is 1. The van der Waals surface area contributed by atoms with Gasteiger partial charge in [0.1, 0.15) is 5.52 Å². The first-order chi connectivity index (χ1) is 15.7. The van der Waals surface area contributed by atoms with Crippen molar-refractivity contribution in [1.82, 2.24) is 35.1 Å². The fourth-order valence-electron chi connectivity index (χ4n) is 4.27. The molecule has 0 bridgehead atoms. The summed E-state index contributed by atoms with van der Waals surface area (Å²) in [7, 11) is 0. The van der Waals surface area contributed by atoms with Crippen LogP contribution in [0.3, 0.4) is 0 Å². The Balaban J connectivity index is 1.35. The van der Waals surface area contributed by atoms with Crippen molar-refractivity contribution >= 4 is 33.7 Å². The lowest BCUT2D eigenvalue weighted by Crippen LogP contribution is -2.20. The van der Waals surface area contributed by atoms with E-state index in [-0.39, 0.29) is 11.8 Å². The van der Waals surface area contributed by atoms with E-state index in [9.17, 15) is 4.79 Å². The lowest BCUT2D eigenvalue weighted by molar-refractivity contribution is -0.119. The second-order valence-electron chi connectivity index (χ2n) is 8.08. The molecule has 9 heteroatoms. The minimum Gasteiger partial charge on any atom is -0.335 e. The molecule has 158 valence electrons. The Kier molecular flexibility index (Phi) is 4.38. The average Bonchev–Trinajstić information content (AvgIpc) is 3.58. The molecule has 5 heterocycles. The topological polar surface area (TPSA) is 125 Å². The van der Waals surface area contributed by atoms with E-state index in [1.165, 1.54) is 0 Å². The van der Waals surface area contributed by atoms with E-state index >= 15 is 0 Å². The fraction of sp³-hybridized carbons (Fsp3) is 0.217. The van der Waals surface area contributed by atoms with Crippen LogP contribution in [0.25, 0.3) is 44.8 Å². The molecule has 6 rings (SSSR count). The SMILES string of the molecule is O=C(Nc1cncc(-c2ccc3[nH]nc(-c4nc5ccncc5[nH]4)c3n2)c1)C1CCCC1. The summed E-state index contributed by atoms with van der Waals surface area (Å²) in [5, 5.41) is 10.4. The predicted octanol–water partition coefficient (Wildman–Crippen LogP) is 4.09. The first-order valence-corrected chi connectivity index (χ1v) is 10.7. The molecule has 0 saturated heterocycles. The number of aromatic nitrogens is 7. The summed E-state index contributed by atoms with van der Waals surface area (Å²) in [4.78, 5) is 33.6. The number of nitrogens with zero attached hydrogens (tertiary/aromatic N) is 5. The summed E-state index contributed by atoms with van der Waals surface area (Å²) >= 11 is 0. The highest BCUT2D eigenvalue weighted by molar-refractivity contribution is 5.94. The van der Waals surface area contributed by atoms with Gasteiger partial charge in [0.2, 0.25) is 5.91 Å². The largest absolute Gasteiger partial charge is 0.335 e. The number of H-pyrrole nitrogens is 2. The molecule has 0 radical (unpaired) electrons. The van der Waals surface area contributed by atoms with Crippen LogP contribution in [0.1, 0.15) is 25.7 Å². The number of aromatic amines is 2. The molecule has 0 spiro atoms. The molecule has 1 saturated carbocycles. The minimum absolute atomic E-state index is 0.0707. The first-order valence-electron chi connectivity index (χ1n) is 10.7. The van der Waals surface area contributed by atoms with Crippen molar-refractivity contribution in [2.75, 3.05) is 5.32 Å². The third-order valence-electron chi connectivity index (χ3n) is 5.94. The van der Waals surface area contributed by atoms with Crippen LogP contribution in [0.4, 0.5) is 5.69 Å². The van der Waals surface area contributed by atoms with Crippen LogP contribution in [-0.4, -0.2) is 41.0 Å². The Morgan fingerprint density at radius 2 is 1.91 bits per heavy atom. The third kappa shape index (κ3) is 3.27. The second kappa shape index (κ2) is 7.52. The molecular weight excluding hydrogens is 404 g/mol. The highest BCUT2D eigenvalue weighted by Crippen LogP contribution is 2.29. The van der Waals surface area contributed by atoms with Crippen molar-refractivity contribution in [3.63, 3.8) is 0 Å². The molecule has 1 aliphatic rings. The van der Waals surface area contributed by atoms with Crippen molar-refractivity contribution in [2.45, 2.75) is 25.7 Å². The summed E-state index contributed by atoms with van der Waals surface area (Å²) in [6.07, 6.45) is 11.0. The quantitative estimate of drug-likeness (QED) is 0.399. The molecule has 0 aromatic carbocycles. The number of pyridine rings is 3. The lowest BCUT2D eigenvalue weighted by Gasteiger charge is -2.11. The van der Waals surface area contributed by atoms with Gasteiger partial charge < -0.3 is 10.3 Å². The van der Waals surface area contributed by atoms with Crippen LogP contribution < -0.4 is 5.32 Å². The molecule has 32 heavy (non-hydrogen) atoms. The van der Waals surface area contributed by atoms with Crippen molar-refractivity contribution in [1.29, 1.82) is 0 Å². The minimum atomic E-state index is 0.0707. The summed E-state index contributed by atoms with van der Waals surface area (Å²) in [6.45, 7) is 0. The van der Waals surface area contributed by atoms with Crippen LogP contribution in [-0.2, 0) is 4.79 Å². The summed E-state index contributed by atoms with van der Waals surface area (Å²) in [5.74, 6) is 0.793. The second-order valence-corrected chi connectivity index (χ2v) is 8.08. The number of amides is 1. The van der Waals surface area contributed by atoms with Gasteiger partial charge in [-0.3, -0.25) is 19.9 Å². The van der Waals surface area contributed by atoms with E-state index in [0.717, 1.165) is 53.5 Å². The number of carbonyl (C=O) groups excluding carboxylic acids is 1. The van der Waals surface area contributed by atoms with E-state index in [4.69, 9.17) is 4.98 Å². The Morgan fingerprint density at radius 3 is 2.78 bits per heavy atom. The Bertz CT molecular complexity index is 1410. The maximum atomic E-state index is 12.5. The molecule has 1 fully saturated rings. The maximum Gasteiger partial charge on any atom is 0.227 e. The highest BCUT2D eigenvalue weighted by Gasteiger charge is 2.23. The van der Waals surface area contributed by atoms with Gasteiger partial charge in [-0.25, -0.2) is 9.97 Å². The zero-order chi connectivity index (χ0) is 21.5. The van der Waals surface area contributed by atoms with Crippen molar-refractivity contribution in [3.05, 3.63) is 49.1 Å². The normalized spacial score (nSPS) is 14.4. The number of rotatable bonds is 4. The van der Waals surface area contributed by atoms with Crippen molar-refractivity contribution in [3.8, 4) is 22.8 Å². The standard InChI is InChI=1S/C23H20N8O/c32-23(13-3-1-2-4-13)26-15-9-14(10-25-11-15)16-5-6-18-20(27-16)21(31-30-18)22-28-17-7-8-24-12-19(17)29-22/h5-13H,1-4H2,(H,26,32)(H,28,29)(H,30,31). The summed E-state index contributed by atoms with van der Waals surface area (Å²) in [6, 6.07) is 7.59. The van der Waals surface area contributed by atoms with E-state index < -0.39 is 0 Å². The zero-order valence-corrected chi connectivity index (χ0v) is 17.2. The predicted molar refractivity (Wildman–Crippen MR) is 121 cm³/mol. The van der Waals surface area contributed by atoms with Gasteiger partial charge in [-0.1, -0.05) is 12.8 Å². The maximum absolute atomic E-state index is 12.5. The monoisotopic (exact) mass is 424 g/mol. The number of imidazole rings is 1. The van der Waals surface area contributed by atoms with Gasteiger partial charge in [0.15, 0.2) is 11.5 Å². The number of hydrogen-bond acceptors (Lipinski definition) is 6. The van der Waals surface area contributed by atoms with Gasteiger partial charge in [0, 0.05) is 23.9 Å². The molecule has 0 aliphatic heterocycles. The number of nitrogens with one attached hydrogen (secondary N) is 3. The van der Waals surface area contributed by atoms with E-state index in [1.807, 2.05) is 24.3 Å². The van der Waals surface area contributed by atoms with Gasteiger partial charge in [-0.15, -0.1) is 0 Å². The van der Waals surface area contributed by atoms with Crippen molar-refractivity contribution < 1.29 is 4.79 Å². The van der Waals surface area contributed by atoms with Crippen molar-refractivity contribution in [2.24, 2.45) is 5.92 Å². The third-order valence-corrected chi connectivity index (χ3v) is 5.94. The number of fused-ring (bicyclic) bond motifs is 2. The van der Waals surface area contributed by atoms with Gasteiger partial charge in [-0.05, 0) is 37.1 Å². The Hall–Kier alpha value is -4.14. The number of hydrogen-bond donors (Lipinski definition) is 3. The van der Waals surface area contributed by atoms with Gasteiger partial charge in [0.05, 0.1) is 40.3 Å². The van der Waals surface area contributed by atoms with Crippen LogP contribution in [0.5, 0.6) is 0 Å². The molecule has 1 amide bonds. The molecule has 9 nitrogen and oxygen atoms in total. The molecule has 0 unspecified atom stereocenters. The van der Waals surface area contributed by atoms with Gasteiger partial charge in [0.25, 0.3) is 0 Å².